The Hall–Kier alpha value is -4.78. The summed E-state index contributed by atoms with van der Waals surface area (Å²) in [6, 6.07) is 28.7. The van der Waals surface area contributed by atoms with Crippen molar-refractivity contribution in [2.75, 3.05) is 0 Å². The fraction of sp³-hybridized carbons (Fsp3) is 0.250. The Morgan fingerprint density at radius 2 is 0.847 bits per heavy atom. The molecule has 5 heterocycles. The van der Waals surface area contributed by atoms with Crippen LogP contribution in [-0.2, 0) is 22.7 Å². The molecule has 2 aromatic carbocycles. The number of aliphatic hydroxyl groups excluding tert-OH is 2. The maximum atomic E-state index is 13.6. The van der Waals surface area contributed by atoms with E-state index in [9.17, 15) is 19.8 Å². The first-order valence-corrected chi connectivity index (χ1v) is 24.5. The summed E-state index contributed by atoms with van der Waals surface area (Å²) in [5.41, 5.74) is 3.81. The lowest BCUT2D eigenvalue weighted by atomic mass is 9.87. The summed E-state index contributed by atoms with van der Waals surface area (Å²) in [6.07, 6.45) is 12.9. The van der Waals surface area contributed by atoms with Crippen LogP contribution < -0.4 is 9.13 Å². The molecule has 2 aliphatic rings. The molecule has 59 heavy (non-hydrogen) atoms. The number of hydrogen-bond donors (Lipinski definition) is 2. The van der Waals surface area contributed by atoms with Crippen LogP contribution in [0.15, 0.2) is 108 Å². The SMILES string of the molecule is CCCCCC[n+]1c(C=C2C(=O)C(c3ccc(-c4ccc(-c5ccc(C6=C(O)C(=Cc7sc8ccccc8[n+]7CCCCCC)C6=O)s5)s4)s3)=C2O)sc2ccccc21. The zero-order valence-electron chi connectivity index (χ0n) is 33.0. The number of nitrogens with zero attached hydrogens (tertiary/aromatic N) is 2. The number of carbonyl (C=O) groups is 2. The van der Waals surface area contributed by atoms with Crippen molar-refractivity contribution < 1.29 is 28.9 Å². The Morgan fingerprint density at radius 3 is 1.24 bits per heavy atom. The molecule has 9 rings (SSSR count). The number of benzene rings is 2. The van der Waals surface area contributed by atoms with E-state index in [0.29, 0.717) is 22.3 Å². The average Bonchev–Trinajstić information content (AvgIpc) is 4.10. The van der Waals surface area contributed by atoms with Crippen molar-refractivity contribution in [2.45, 2.75) is 78.3 Å². The van der Waals surface area contributed by atoms with E-state index in [0.717, 1.165) is 89.1 Å². The van der Waals surface area contributed by atoms with E-state index in [4.69, 9.17) is 0 Å². The number of allylic oxidation sites excluding steroid dienone is 4. The van der Waals surface area contributed by atoms with Crippen molar-refractivity contribution in [1.29, 1.82) is 0 Å². The van der Waals surface area contributed by atoms with Gasteiger partial charge in [-0.1, -0.05) is 86.5 Å². The molecule has 0 bridgehead atoms. The van der Waals surface area contributed by atoms with Gasteiger partial charge in [-0.25, -0.2) is 0 Å². The summed E-state index contributed by atoms with van der Waals surface area (Å²) >= 11 is 7.95. The topological polar surface area (TPSA) is 82.4 Å². The van der Waals surface area contributed by atoms with Gasteiger partial charge in [0.05, 0.1) is 22.3 Å². The number of unbranched alkanes of at least 4 members (excludes halogenated alkanes) is 6. The minimum Gasteiger partial charge on any atom is -0.506 e. The van der Waals surface area contributed by atoms with Crippen molar-refractivity contribution in [2.24, 2.45) is 0 Å². The third-order valence-corrected chi connectivity index (χ3v) is 16.9. The van der Waals surface area contributed by atoms with Crippen molar-refractivity contribution in [3.63, 3.8) is 0 Å². The molecule has 7 aromatic rings. The summed E-state index contributed by atoms with van der Waals surface area (Å²) < 4.78 is 6.90. The highest BCUT2D eigenvalue weighted by molar-refractivity contribution is 7.27. The number of rotatable bonds is 16. The minimum absolute atomic E-state index is 0.0582. The first-order chi connectivity index (χ1) is 28.8. The van der Waals surface area contributed by atoms with Gasteiger partial charge in [0, 0.05) is 66.4 Å². The molecule has 0 saturated carbocycles. The van der Waals surface area contributed by atoms with Gasteiger partial charge in [0.2, 0.25) is 22.6 Å². The number of carbonyl (C=O) groups excluding carboxylic acids is 2. The normalized spacial score (nSPS) is 15.8. The van der Waals surface area contributed by atoms with Crippen LogP contribution in [0.5, 0.6) is 0 Å². The van der Waals surface area contributed by atoms with Crippen LogP contribution in [0.25, 0.3) is 63.2 Å². The molecule has 0 fully saturated rings. The van der Waals surface area contributed by atoms with Gasteiger partial charge in [0.25, 0.3) is 10.0 Å². The van der Waals surface area contributed by atoms with Gasteiger partial charge in [0.1, 0.15) is 20.9 Å². The number of fused-ring (bicyclic) bond motifs is 2. The Balaban J connectivity index is 0.916. The predicted molar refractivity (Wildman–Crippen MR) is 248 cm³/mol. The van der Waals surface area contributed by atoms with E-state index in [1.165, 1.54) is 57.8 Å². The Morgan fingerprint density at radius 1 is 0.475 bits per heavy atom. The lowest BCUT2D eigenvalue weighted by molar-refractivity contribution is -0.669. The average molecular weight is 873 g/mol. The molecule has 0 unspecified atom stereocenters. The Labute approximate surface area is 363 Å². The highest BCUT2D eigenvalue weighted by Gasteiger charge is 2.38. The Bertz CT molecular complexity index is 2700. The molecular formula is C48H44N2O4S5+2. The van der Waals surface area contributed by atoms with Crippen LogP contribution >= 0.6 is 56.7 Å². The first-order valence-electron chi connectivity index (χ1n) is 20.4. The predicted octanol–water partition coefficient (Wildman–Crippen LogP) is 13.2. The minimum atomic E-state index is -0.129. The maximum Gasteiger partial charge on any atom is 0.263 e. The van der Waals surface area contributed by atoms with Gasteiger partial charge in [-0.05, 0) is 61.4 Å². The van der Waals surface area contributed by atoms with Crippen molar-refractivity contribution in [3.8, 4) is 19.5 Å². The molecule has 298 valence electrons. The fourth-order valence-corrected chi connectivity index (χ4v) is 13.4. The number of hydrogen-bond acceptors (Lipinski definition) is 9. The summed E-state index contributed by atoms with van der Waals surface area (Å²) in [4.78, 5) is 32.8. The summed E-state index contributed by atoms with van der Waals surface area (Å²) in [5, 5.41) is 24.4. The highest BCUT2D eigenvalue weighted by Crippen LogP contribution is 2.47. The third kappa shape index (κ3) is 7.52. The number of para-hydroxylation sites is 2. The molecule has 11 heteroatoms. The van der Waals surface area contributed by atoms with Gasteiger partial charge < -0.3 is 10.2 Å². The number of Topliss-reactive ketones (excluding diaryl/α,β-unsaturated/α-hetero) is 2. The van der Waals surface area contributed by atoms with E-state index < -0.39 is 0 Å². The molecule has 2 N–H and O–H groups in total. The number of thiophene rings is 3. The lowest BCUT2D eigenvalue weighted by Gasteiger charge is -2.19. The summed E-state index contributed by atoms with van der Waals surface area (Å²) in [5.74, 6) is -0.142. The van der Waals surface area contributed by atoms with Gasteiger partial charge >= 0.3 is 0 Å². The lowest BCUT2D eigenvalue weighted by Crippen LogP contribution is -2.35. The molecule has 0 saturated heterocycles. The number of ketones is 2. The second-order valence-corrected chi connectivity index (χ2v) is 20.3. The van der Waals surface area contributed by atoms with E-state index in [-0.39, 0.29) is 23.1 Å². The van der Waals surface area contributed by atoms with Gasteiger partial charge in [-0.3, -0.25) is 9.59 Å². The van der Waals surface area contributed by atoms with E-state index in [1.54, 1.807) is 34.0 Å². The monoisotopic (exact) mass is 872 g/mol. The summed E-state index contributed by atoms with van der Waals surface area (Å²) in [6.45, 7) is 6.18. The van der Waals surface area contributed by atoms with Crippen molar-refractivity contribution in [3.05, 3.63) is 127 Å². The number of aliphatic hydroxyl groups is 2. The van der Waals surface area contributed by atoms with Gasteiger partial charge in [-0.2, -0.15) is 9.13 Å². The number of aromatic nitrogens is 2. The smallest absolute Gasteiger partial charge is 0.263 e. The van der Waals surface area contributed by atoms with Crippen LogP contribution in [0, 0.1) is 0 Å². The van der Waals surface area contributed by atoms with Crippen molar-refractivity contribution >= 4 is 112 Å². The molecule has 5 aromatic heterocycles. The Kier molecular flexibility index (Phi) is 11.5. The molecule has 0 atom stereocenters. The second kappa shape index (κ2) is 17.1. The quantitative estimate of drug-likeness (QED) is 0.0576. The highest BCUT2D eigenvalue weighted by atomic mass is 32.1. The number of aryl methyl sites for hydroxylation is 2. The molecular weight excluding hydrogens is 829 g/mol. The van der Waals surface area contributed by atoms with Gasteiger partial charge in [-0.15, -0.1) is 34.0 Å². The van der Waals surface area contributed by atoms with Crippen LogP contribution in [0.1, 0.15) is 85.0 Å². The van der Waals surface area contributed by atoms with Crippen LogP contribution in [0.2, 0.25) is 0 Å². The molecule has 0 spiro atoms. The maximum absolute atomic E-state index is 13.6. The summed E-state index contributed by atoms with van der Waals surface area (Å²) in [7, 11) is 0. The van der Waals surface area contributed by atoms with Crippen molar-refractivity contribution in [1.82, 2.24) is 0 Å². The molecule has 0 amide bonds. The van der Waals surface area contributed by atoms with Gasteiger partial charge in [0.15, 0.2) is 13.1 Å². The van der Waals surface area contributed by atoms with Crippen LogP contribution in [0.4, 0.5) is 0 Å². The first kappa shape index (κ1) is 39.7. The molecule has 0 aliphatic heterocycles. The largest absolute Gasteiger partial charge is 0.506 e. The molecule has 6 nitrogen and oxygen atoms in total. The molecule has 2 aliphatic carbocycles. The second-order valence-electron chi connectivity index (χ2n) is 15.0. The zero-order chi connectivity index (χ0) is 40.6. The zero-order valence-corrected chi connectivity index (χ0v) is 37.0. The van der Waals surface area contributed by atoms with E-state index in [1.807, 2.05) is 60.7 Å². The third-order valence-electron chi connectivity index (χ3n) is 11.0. The van der Waals surface area contributed by atoms with Crippen LogP contribution in [-0.4, -0.2) is 21.8 Å². The number of thiazole rings is 2. The standard InChI is InChI=1S/C48H42N2O4S5/c1-3-5-7-13-25-49-31-15-9-11-17-33(31)58-41(49)27-29-45(51)43(46(29)52)39-23-21-37(56-39)35-19-20-36(55-35)38-22-24-40(57-38)44-47(53)30(48(44)54)28-42-50(26-14-8-6-4-2)32-16-10-12-18-34(32)59-42/h9-12,15-24,27-28H,3-8,13-14,25-26H2,1-2H3/p+2. The van der Waals surface area contributed by atoms with Crippen LogP contribution in [0.3, 0.4) is 0 Å². The van der Waals surface area contributed by atoms with E-state index in [2.05, 4.69) is 59.4 Å². The fourth-order valence-electron chi connectivity index (χ4n) is 7.80. The van der Waals surface area contributed by atoms with E-state index >= 15 is 0 Å². The molecule has 0 radical (unpaired) electrons.